The van der Waals surface area contributed by atoms with E-state index in [4.69, 9.17) is 0 Å². The number of hydrogen-bond acceptors (Lipinski definition) is 2. The Morgan fingerprint density at radius 2 is 1.09 bits per heavy atom. The van der Waals surface area contributed by atoms with Crippen molar-refractivity contribution < 1.29 is 0 Å². The summed E-state index contributed by atoms with van der Waals surface area (Å²) in [5.41, 5.74) is 3.68. The highest BCUT2D eigenvalue weighted by atomic mass is 16.1. The van der Waals surface area contributed by atoms with E-state index in [1.165, 1.54) is 0 Å². The molecule has 106 valence electrons. The Labute approximate surface area is 123 Å². The first-order chi connectivity index (χ1) is 10.7. The largest absolute Gasteiger partial charge is 0.323 e. The lowest BCUT2D eigenvalue weighted by Gasteiger charge is -1.94. The van der Waals surface area contributed by atoms with Crippen molar-refractivity contribution in [3.63, 3.8) is 0 Å². The topological polar surface area (TPSA) is 97.3 Å². The molecule has 0 saturated heterocycles. The van der Waals surface area contributed by atoms with Gasteiger partial charge in [-0.25, -0.2) is 9.59 Å². The molecule has 0 aliphatic heterocycles. The molecule has 6 nitrogen and oxygen atoms in total. The van der Waals surface area contributed by atoms with Gasteiger partial charge in [0, 0.05) is 0 Å². The van der Waals surface area contributed by atoms with Crippen LogP contribution in [0.25, 0.3) is 22.1 Å². The van der Waals surface area contributed by atoms with Crippen molar-refractivity contribution in [3.05, 3.63) is 68.5 Å². The van der Waals surface area contributed by atoms with Crippen molar-refractivity contribution in [2.75, 3.05) is 0 Å². The fraction of sp³-hybridized carbons (Fsp3) is 0. The standard InChI is InChI=1S/C16H10N4O2/c21-15-17-11-5-1-3-9(13(11)19-15)7-8-10-4-2-6-12-14(10)20-16(22)18-12/h1-6H,(H2,17,19,21)(H2,18,20,22). The molecule has 0 aliphatic rings. The van der Waals surface area contributed by atoms with E-state index in [0.717, 1.165) is 0 Å². The molecule has 0 unspecified atom stereocenters. The lowest BCUT2D eigenvalue weighted by Crippen LogP contribution is -1.99. The maximum Gasteiger partial charge on any atom is 0.323 e. The average Bonchev–Trinajstić information content (AvgIpc) is 3.06. The van der Waals surface area contributed by atoms with Gasteiger partial charge in [-0.05, 0) is 24.3 Å². The maximum atomic E-state index is 11.4. The normalized spacial score (nSPS) is 10.7. The van der Waals surface area contributed by atoms with Crippen molar-refractivity contribution in [1.29, 1.82) is 0 Å². The highest BCUT2D eigenvalue weighted by Gasteiger charge is 2.03. The predicted octanol–water partition coefficient (Wildman–Crippen LogP) is 1.43. The van der Waals surface area contributed by atoms with Crippen LogP contribution in [-0.4, -0.2) is 19.9 Å². The smallest absolute Gasteiger partial charge is 0.306 e. The molecular weight excluding hydrogens is 280 g/mol. The number of aromatic amines is 4. The zero-order chi connectivity index (χ0) is 15.1. The molecule has 0 spiro atoms. The van der Waals surface area contributed by atoms with Gasteiger partial charge in [-0.1, -0.05) is 24.0 Å². The zero-order valence-electron chi connectivity index (χ0n) is 11.3. The molecule has 2 aromatic heterocycles. The molecule has 6 heteroatoms. The number of benzene rings is 2. The van der Waals surface area contributed by atoms with Crippen molar-refractivity contribution in [2.24, 2.45) is 0 Å². The van der Waals surface area contributed by atoms with Gasteiger partial charge in [0.05, 0.1) is 33.2 Å². The average molecular weight is 290 g/mol. The summed E-state index contributed by atoms with van der Waals surface area (Å²) in [7, 11) is 0. The van der Waals surface area contributed by atoms with E-state index in [1.54, 1.807) is 0 Å². The minimum Gasteiger partial charge on any atom is -0.306 e. The van der Waals surface area contributed by atoms with Crippen molar-refractivity contribution >= 4 is 22.1 Å². The molecule has 0 aliphatic carbocycles. The van der Waals surface area contributed by atoms with Crippen LogP contribution in [0, 0.1) is 11.8 Å². The molecule has 0 atom stereocenters. The van der Waals surface area contributed by atoms with Crippen molar-refractivity contribution in [1.82, 2.24) is 19.9 Å². The van der Waals surface area contributed by atoms with E-state index in [0.29, 0.717) is 33.2 Å². The molecule has 0 bridgehead atoms. The van der Waals surface area contributed by atoms with Crippen LogP contribution in [0.1, 0.15) is 11.1 Å². The Morgan fingerprint density at radius 1 is 0.636 bits per heavy atom. The van der Waals surface area contributed by atoms with E-state index < -0.39 is 0 Å². The van der Waals surface area contributed by atoms with Gasteiger partial charge in [0.25, 0.3) is 0 Å². The lowest BCUT2D eigenvalue weighted by molar-refractivity contribution is 1.21. The molecule has 22 heavy (non-hydrogen) atoms. The summed E-state index contributed by atoms with van der Waals surface area (Å²) < 4.78 is 0. The number of fused-ring (bicyclic) bond motifs is 2. The van der Waals surface area contributed by atoms with Gasteiger partial charge in [-0.15, -0.1) is 0 Å². The summed E-state index contributed by atoms with van der Waals surface area (Å²) in [4.78, 5) is 33.6. The molecule has 4 aromatic rings. The monoisotopic (exact) mass is 290 g/mol. The van der Waals surface area contributed by atoms with Crippen LogP contribution in [-0.2, 0) is 0 Å². The lowest BCUT2D eigenvalue weighted by atomic mass is 10.1. The quantitative estimate of drug-likeness (QED) is 0.368. The SMILES string of the molecule is O=c1[nH]c2cccc(C#Cc3cccc4[nH]c(=O)[nH]c34)c2[nH]1. The van der Waals surface area contributed by atoms with E-state index in [1.807, 2.05) is 36.4 Å². The summed E-state index contributed by atoms with van der Waals surface area (Å²) in [5, 5.41) is 0. The summed E-state index contributed by atoms with van der Waals surface area (Å²) in [5.74, 6) is 6.09. The van der Waals surface area contributed by atoms with Gasteiger partial charge in [-0.3, -0.25) is 0 Å². The summed E-state index contributed by atoms with van der Waals surface area (Å²) in [6.45, 7) is 0. The van der Waals surface area contributed by atoms with Crippen LogP contribution in [0.5, 0.6) is 0 Å². The minimum absolute atomic E-state index is 0.263. The summed E-state index contributed by atoms with van der Waals surface area (Å²) in [6, 6.07) is 10.9. The molecule has 4 N–H and O–H groups in total. The Kier molecular flexibility index (Phi) is 2.53. The second-order valence-corrected chi connectivity index (χ2v) is 4.86. The first-order valence-electron chi connectivity index (χ1n) is 6.65. The van der Waals surface area contributed by atoms with Crippen LogP contribution in [0.4, 0.5) is 0 Å². The fourth-order valence-corrected chi connectivity index (χ4v) is 2.46. The Hall–Kier alpha value is -3.46. The molecule has 0 fully saturated rings. The Balaban J connectivity index is 1.91. The molecule has 4 rings (SSSR count). The third-order valence-corrected chi connectivity index (χ3v) is 3.43. The van der Waals surface area contributed by atoms with Gasteiger partial charge < -0.3 is 19.9 Å². The second-order valence-electron chi connectivity index (χ2n) is 4.86. The number of nitrogens with one attached hydrogen (secondary N) is 4. The van der Waals surface area contributed by atoms with Crippen LogP contribution < -0.4 is 11.4 Å². The minimum atomic E-state index is -0.263. The van der Waals surface area contributed by atoms with Gasteiger partial charge in [0.15, 0.2) is 0 Å². The van der Waals surface area contributed by atoms with E-state index in [9.17, 15) is 9.59 Å². The van der Waals surface area contributed by atoms with Crippen molar-refractivity contribution in [3.8, 4) is 11.8 Å². The maximum absolute atomic E-state index is 11.4. The third kappa shape index (κ3) is 1.93. The molecule has 2 aromatic carbocycles. The van der Waals surface area contributed by atoms with Crippen LogP contribution in [0.2, 0.25) is 0 Å². The second kappa shape index (κ2) is 4.53. The predicted molar refractivity (Wildman–Crippen MR) is 83.8 cm³/mol. The third-order valence-electron chi connectivity index (χ3n) is 3.43. The summed E-state index contributed by atoms with van der Waals surface area (Å²) in [6.07, 6.45) is 0. The highest BCUT2D eigenvalue weighted by Crippen LogP contribution is 2.14. The Bertz CT molecular complexity index is 1090. The Morgan fingerprint density at radius 3 is 1.55 bits per heavy atom. The van der Waals surface area contributed by atoms with Crippen molar-refractivity contribution in [2.45, 2.75) is 0 Å². The first kappa shape index (κ1) is 12.3. The highest BCUT2D eigenvalue weighted by molar-refractivity contribution is 5.84. The first-order valence-corrected chi connectivity index (χ1v) is 6.65. The van der Waals surface area contributed by atoms with Crippen LogP contribution >= 0.6 is 0 Å². The number of rotatable bonds is 0. The number of imidazole rings is 2. The number of para-hydroxylation sites is 2. The molecule has 0 saturated carbocycles. The fourth-order valence-electron chi connectivity index (χ4n) is 2.46. The number of hydrogen-bond donors (Lipinski definition) is 4. The van der Waals surface area contributed by atoms with E-state index in [-0.39, 0.29) is 11.4 Å². The van der Waals surface area contributed by atoms with Gasteiger partial charge >= 0.3 is 11.4 Å². The molecular formula is C16H10N4O2. The number of aromatic nitrogens is 4. The van der Waals surface area contributed by atoms with Crippen LogP contribution in [0.3, 0.4) is 0 Å². The molecule has 2 heterocycles. The van der Waals surface area contributed by atoms with Gasteiger partial charge in [0.1, 0.15) is 0 Å². The van der Waals surface area contributed by atoms with E-state index >= 15 is 0 Å². The number of H-pyrrole nitrogens is 4. The van der Waals surface area contributed by atoms with Crippen LogP contribution in [0.15, 0.2) is 46.0 Å². The molecule has 0 radical (unpaired) electrons. The molecule has 0 amide bonds. The van der Waals surface area contributed by atoms with E-state index in [2.05, 4.69) is 31.8 Å². The summed E-state index contributed by atoms with van der Waals surface area (Å²) >= 11 is 0. The van der Waals surface area contributed by atoms with Gasteiger partial charge in [0.2, 0.25) is 0 Å². The van der Waals surface area contributed by atoms with Gasteiger partial charge in [-0.2, -0.15) is 0 Å². The zero-order valence-corrected chi connectivity index (χ0v) is 11.3.